The second kappa shape index (κ2) is 11.1. The maximum Gasteiger partial charge on any atom is 0.321 e. The predicted octanol–water partition coefficient (Wildman–Crippen LogP) is 5.03. The first kappa shape index (κ1) is 23.7. The van der Waals surface area contributed by atoms with Crippen LogP contribution < -0.4 is 16.4 Å². The van der Waals surface area contributed by atoms with Crippen molar-refractivity contribution in [1.29, 1.82) is 0 Å². The van der Waals surface area contributed by atoms with E-state index in [9.17, 15) is 9.59 Å². The van der Waals surface area contributed by atoms with E-state index in [1.807, 2.05) is 30.5 Å². The summed E-state index contributed by atoms with van der Waals surface area (Å²) >= 11 is 13.8. The fourth-order valence-electron chi connectivity index (χ4n) is 3.55. The summed E-state index contributed by atoms with van der Waals surface area (Å²) in [5.74, 6) is 0.759. The summed E-state index contributed by atoms with van der Waals surface area (Å²) in [5, 5.41) is 6.50. The minimum absolute atomic E-state index is 0.181. The monoisotopic (exact) mass is 480 g/mol. The molecule has 0 aliphatic carbocycles. The van der Waals surface area contributed by atoms with Gasteiger partial charge >= 0.3 is 6.03 Å². The molecule has 1 aliphatic heterocycles. The van der Waals surface area contributed by atoms with Crippen LogP contribution in [-0.4, -0.2) is 48.0 Å². The number of amides is 3. The second-order valence-corrected chi connectivity index (χ2v) is 9.19. The summed E-state index contributed by atoms with van der Waals surface area (Å²) in [6.45, 7) is 1.28. The van der Waals surface area contributed by atoms with Crippen molar-refractivity contribution < 1.29 is 9.59 Å². The predicted molar refractivity (Wildman–Crippen MR) is 130 cm³/mol. The van der Waals surface area contributed by atoms with Gasteiger partial charge in [-0.05, 0) is 54.8 Å². The number of halogens is 2. The van der Waals surface area contributed by atoms with E-state index >= 15 is 0 Å². The lowest BCUT2D eigenvalue weighted by Gasteiger charge is -2.32. The average molecular weight is 481 g/mol. The van der Waals surface area contributed by atoms with Crippen LogP contribution in [0.15, 0.2) is 42.5 Å². The molecule has 1 atom stereocenters. The van der Waals surface area contributed by atoms with Crippen molar-refractivity contribution in [3.63, 3.8) is 0 Å². The Labute approximate surface area is 196 Å². The number of carbonyl (C=O) groups is 2. The van der Waals surface area contributed by atoms with Crippen molar-refractivity contribution in [2.45, 2.75) is 24.8 Å². The van der Waals surface area contributed by atoms with Gasteiger partial charge < -0.3 is 21.3 Å². The number of hydrogen-bond acceptors (Lipinski definition) is 4. The van der Waals surface area contributed by atoms with Crippen LogP contribution in [0.3, 0.4) is 0 Å². The van der Waals surface area contributed by atoms with Gasteiger partial charge in [0.1, 0.15) is 0 Å². The molecule has 1 unspecified atom stereocenters. The highest BCUT2D eigenvalue weighted by Crippen LogP contribution is 2.32. The molecule has 9 heteroatoms. The summed E-state index contributed by atoms with van der Waals surface area (Å²) in [6, 6.07) is 12.3. The molecule has 1 fully saturated rings. The van der Waals surface area contributed by atoms with E-state index in [1.54, 1.807) is 34.9 Å². The van der Waals surface area contributed by atoms with Gasteiger partial charge in [0.05, 0.1) is 21.8 Å². The van der Waals surface area contributed by atoms with Gasteiger partial charge in [0, 0.05) is 24.5 Å². The van der Waals surface area contributed by atoms with E-state index in [1.165, 1.54) is 5.56 Å². The van der Waals surface area contributed by atoms with Crippen molar-refractivity contribution in [1.82, 2.24) is 4.90 Å². The van der Waals surface area contributed by atoms with Crippen molar-refractivity contribution in [3.8, 4) is 0 Å². The zero-order valence-electron chi connectivity index (χ0n) is 17.2. The normalized spacial score (nSPS) is 15.4. The number of para-hydroxylation sites is 1. The number of hydrogen-bond donors (Lipinski definition) is 3. The Hall–Kier alpha value is -1.93. The van der Waals surface area contributed by atoms with Crippen molar-refractivity contribution in [2.75, 3.05) is 35.7 Å². The van der Waals surface area contributed by atoms with E-state index in [4.69, 9.17) is 28.9 Å². The van der Waals surface area contributed by atoms with Crippen LogP contribution in [0, 0.1) is 0 Å². The number of anilines is 2. The fourth-order valence-corrected chi connectivity index (χ4v) is 4.55. The van der Waals surface area contributed by atoms with Gasteiger partial charge in [0.15, 0.2) is 0 Å². The first-order valence-corrected chi connectivity index (χ1v) is 12.2. The Kier molecular flexibility index (Phi) is 8.49. The van der Waals surface area contributed by atoms with Crippen molar-refractivity contribution in [2.24, 2.45) is 5.73 Å². The maximum atomic E-state index is 12.6. The van der Waals surface area contributed by atoms with Crippen LogP contribution in [0.1, 0.15) is 24.3 Å². The topological polar surface area (TPSA) is 87.5 Å². The number of piperidine rings is 1. The first-order chi connectivity index (χ1) is 14.9. The van der Waals surface area contributed by atoms with Crippen molar-refractivity contribution >= 4 is 58.3 Å². The molecule has 6 nitrogen and oxygen atoms in total. The van der Waals surface area contributed by atoms with E-state index in [2.05, 4.69) is 10.6 Å². The minimum Gasteiger partial charge on any atom is -0.325 e. The van der Waals surface area contributed by atoms with E-state index in [0.717, 1.165) is 18.5 Å². The Morgan fingerprint density at radius 2 is 1.71 bits per heavy atom. The zero-order chi connectivity index (χ0) is 22.4. The van der Waals surface area contributed by atoms with Gasteiger partial charge in [-0.1, -0.05) is 41.4 Å². The lowest BCUT2D eigenvalue weighted by atomic mass is 9.89. The zero-order valence-corrected chi connectivity index (χ0v) is 19.6. The molecule has 0 aromatic heterocycles. The summed E-state index contributed by atoms with van der Waals surface area (Å²) in [6.07, 6.45) is 3.63. The lowest BCUT2D eigenvalue weighted by Crippen LogP contribution is -2.40. The molecule has 1 saturated heterocycles. The number of nitrogens with two attached hydrogens (primary N) is 1. The lowest BCUT2D eigenvalue weighted by molar-refractivity contribution is -0.116. The maximum absolute atomic E-state index is 12.6. The van der Waals surface area contributed by atoms with Gasteiger partial charge in [0.2, 0.25) is 5.91 Å². The minimum atomic E-state index is -0.522. The SMILES string of the molecule is CSCC(N)C(=O)Nc1ccc(C2CCN(C(=O)Nc3c(Cl)cccc3Cl)CC2)cc1. The highest BCUT2D eigenvalue weighted by molar-refractivity contribution is 7.98. The highest BCUT2D eigenvalue weighted by atomic mass is 35.5. The highest BCUT2D eigenvalue weighted by Gasteiger charge is 2.25. The Morgan fingerprint density at radius 3 is 2.29 bits per heavy atom. The molecular weight excluding hydrogens is 455 g/mol. The summed E-state index contributed by atoms with van der Waals surface area (Å²) in [5.41, 5.74) is 8.21. The number of rotatable bonds is 6. The molecule has 2 aromatic carbocycles. The largest absolute Gasteiger partial charge is 0.325 e. The molecule has 0 spiro atoms. The molecule has 2 aromatic rings. The number of urea groups is 1. The van der Waals surface area contributed by atoms with E-state index in [-0.39, 0.29) is 11.9 Å². The van der Waals surface area contributed by atoms with E-state index in [0.29, 0.717) is 40.5 Å². The molecule has 0 radical (unpaired) electrons. The number of thioether (sulfide) groups is 1. The Morgan fingerprint density at radius 1 is 1.10 bits per heavy atom. The summed E-state index contributed by atoms with van der Waals surface area (Å²) in [7, 11) is 0. The van der Waals surface area contributed by atoms with Crippen LogP contribution >= 0.6 is 35.0 Å². The Balaban J connectivity index is 1.52. The summed E-state index contributed by atoms with van der Waals surface area (Å²) < 4.78 is 0. The average Bonchev–Trinajstić information content (AvgIpc) is 2.77. The third-order valence-electron chi connectivity index (χ3n) is 5.31. The number of nitrogens with one attached hydrogen (secondary N) is 2. The molecule has 1 aliphatic rings. The van der Waals surface area contributed by atoms with Gasteiger partial charge in [-0.25, -0.2) is 4.79 Å². The molecule has 4 N–H and O–H groups in total. The number of carbonyl (C=O) groups excluding carboxylic acids is 2. The van der Waals surface area contributed by atoms with Crippen LogP contribution in [0.25, 0.3) is 0 Å². The van der Waals surface area contributed by atoms with E-state index < -0.39 is 6.04 Å². The molecule has 1 heterocycles. The third-order valence-corrected chi connectivity index (χ3v) is 6.63. The molecule has 3 amide bonds. The van der Waals surface area contributed by atoms with Crippen LogP contribution in [0.4, 0.5) is 16.2 Å². The Bertz CT molecular complexity index is 898. The molecule has 3 rings (SSSR count). The van der Waals surface area contributed by atoms with Gasteiger partial charge in [-0.3, -0.25) is 4.79 Å². The van der Waals surface area contributed by atoms with Crippen LogP contribution in [0.5, 0.6) is 0 Å². The van der Waals surface area contributed by atoms with Crippen LogP contribution in [0.2, 0.25) is 10.0 Å². The summed E-state index contributed by atoms with van der Waals surface area (Å²) in [4.78, 5) is 26.4. The van der Waals surface area contributed by atoms with Crippen LogP contribution in [-0.2, 0) is 4.79 Å². The molecule has 166 valence electrons. The fraction of sp³-hybridized carbons (Fsp3) is 0.364. The number of benzene rings is 2. The third kappa shape index (κ3) is 6.29. The number of nitrogens with zero attached hydrogens (tertiary/aromatic N) is 1. The molecule has 0 bridgehead atoms. The molecule has 31 heavy (non-hydrogen) atoms. The smallest absolute Gasteiger partial charge is 0.321 e. The van der Waals surface area contributed by atoms with Gasteiger partial charge in [-0.15, -0.1) is 0 Å². The first-order valence-electron chi connectivity index (χ1n) is 10.0. The van der Waals surface area contributed by atoms with Gasteiger partial charge in [0.25, 0.3) is 0 Å². The van der Waals surface area contributed by atoms with Crippen molar-refractivity contribution in [3.05, 3.63) is 58.1 Å². The standard InChI is InChI=1S/C22H26Cl2N4O2S/c1-31-13-19(25)21(29)26-16-7-5-14(6-8-16)15-9-11-28(12-10-15)22(30)27-20-17(23)3-2-4-18(20)24/h2-8,15,19H,9-13,25H2,1H3,(H,26,29)(H,27,30). The quantitative estimate of drug-likeness (QED) is 0.540. The molecular formula is C22H26Cl2N4O2S. The number of likely N-dealkylation sites (tertiary alicyclic amines) is 1. The van der Waals surface area contributed by atoms with Gasteiger partial charge in [-0.2, -0.15) is 11.8 Å². The second-order valence-electron chi connectivity index (χ2n) is 7.46. The molecule has 0 saturated carbocycles.